The molecule has 0 unspecified atom stereocenters. The van der Waals surface area contributed by atoms with E-state index in [-0.39, 0.29) is 6.04 Å². The summed E-state index contributed by atoms with van der Waals surface area (Å²) in [6, 6.07) is 10.4. The Hall–Kier alpha value is -2.90. The van der Waals surface area contributed by atoms with Crippen LogP contribution in [0.5, 0.6) is 11.5 Å². The Morgan fingerprint density at radius 1 is 1.00 bits per heavy atom. The number of tetrazole rings is 1. The molecule has 0 radical (unpaired) electrons. The summed E-state index contributed by atoms with van der Waals surface area (Å²) >= 11 is 0. The highest BCUT2D eigenvalue weighted by Crippen LogP contribution is 2.39. The van der Waals surface area contributed by atoms with Crippen molar-refractivity contribution in [1.29, 1.82) is 0 Å². The van der Waals surface area contributed by atoms with Crippen LogP contribution >= 0.6 is 0 Å². The molecule has 0 N–H and O–H groups in total. The molecule has 1 aromatic carbocycles. The molecule has 0 amide bonds. The van der Waals surface area contributed by atoms with E-state index >= 15 is 0 Å². The van der Waals surface area contributed by atoms with E-state index in [9.17, 15) is 0 Å². The highest BCUT2D eigenvalue weighted by molar-refractivity contribution is 5.50. The Labute approximate surface area is 144 Å². The molecule has 128 valence electrons. The quantitative estimate of drug-likeness (QED) is 0.707. The van der Waals surface area contributed by atoms with Crippen molar-refractivity contribution in [2.45, 2.75) is 25.3 Å². The molecule has 5 rings (SSSR count). The summed E-state index contributed by atoms with van der Waals surface area (Å²) in [5, 5.41) is 16.0. The summed E-state index contributed by atoms with van der Waals surface area (Å²) in [4.78, 5) is 2.31. The third kappa shape index (κ3) is 2.54. The van der Waals surface area contributed by atoms with Gasteiger partial charge in [-0.1, -0.05) is 6.07 Å². The van der Waals surface area contributed by atoms with E-state index < -0.39 is 0 Å². The molecule has 0 bridgehead atoms. The van der Waals surface area contributed by atoms with Gasteiger partial charge in [-0.05, 0) is 53.1 Å². The second kappa shape index (κ2) is 5.87. The minimum atomic E-state index is 0.263. The van der Waals surface area contributed by atoms with Crippen LogP contribution in [0.4, 0.5) is 5.82 Å². The molecule has 8 nitrogen and oxygen atoms in total. The summed E-state index contributed by atoms with van der Waals surface area (Å²) < 4.78 is 13.1. The smallest absolute Gasteiger partial charge is 0.200 e. The third-order valence-electron chi connectivity index (χ3n) is 4.76. The van der Waals surface area contributed by atoms with Crippen LogP contribution in [0, 0.1) is 0 Å². The van der Waals surface area contributed by atoms with E-state index in [1.54, 1.807) is 0 Å². The number of nitrogens with zero attached hydrogens (tertiary/aromatic N) is 6. The minimum Gasteiger partial charge on any atom is -0.490 e. The first kappa shape index (κ1) is 14.4. The predicted octanol–water partition coefficient (Wildman–Crippen LogP) is 2.02. The Balaban J connectivity index is 1.49. The highest BCUT2D eigenvalue weighted by Gasteiger charge is 2.28. The van der Waals surface area contributed by atoms with E-state index in [1.165, 1.54) is 10.2 Å². The lowest BCUT2D eigenvalue weighted by Gasteiger charge is -2.26. The first-order chi connectivity index (χ1) is 12.4. The monoisotopic (exact) mass is 338 g/mol. The molecule has 8 heteroatoms. The Morgan fingerprint density at radius 2 is 1.92 bits per heavy atom. The van der Waals surface area contributed by atoms with E-state index in [2.05, 4.69) is 37.7 Å². The Bertz CT molecular complexity index is 911. The lowest BCUT2D eigenvalue weighted by molar-refractivity contribution is 0.297. The maximum absolute atomic E-state index is 5.85. The summed E-state index contributed by atoms with van der Waals surface area (Å²) in [6.07, 6.45) is 3.11. The van der Waals surface area contributed by atoms with Crippen LogP contribution < -0.4 is 14.4 Å². The zero-order valence-corrected chi connectivity index (χ0v) is 13.7. The molecule has 1 atom stereocenters. The zero-order chi connectivity index (χ0) is 16.6. The number of anilines is 1. The van der Waals surface area contributed by atoms with Gasteiger partial charge in [0.2, 0.25) is 0 Å². The largest absolute Gasteiger partial charge is 0.490 e. The summed E-state index contributed by atoms with van der Waals surface area (Å²) in [5.74, 6) is 2.55. The topological polar surface area (TPSA) is 77.7 Å². The second-order valence-corrected chi connectivity index (χ2v) is 6.33. The number of ether oxygens (including phenoxy) is 2. The van der Waals surface area contributed by atoms with Crippen LogP contribution in [0.15, 0.2) is 30.3 Å². The van der Waals surface area contributed by atoms with Crippen molar-refractivity contribution in [1.82, 2.24) is 25.3 Å². The van der Waals surface area contributed by atoms with Crippen LogP contribution in [-0.2, 0) is 0 Å². The molecule has 0 saturated carbocycles. The Kier molecular flexibility index (Phi) is 3.39. The van der Waals surface area contributed by atoms with Crippen LogP contribution in [0.25, 0.3) is 5.65 Å². The molecule has 4 heterocycles. The van der Waals surface area contributed by atoms with Crippen molar-refractivity contribution < 1.29 is 9.47 Å². The zero-order valence-electron chi connectivity index (χ0n) is 13.7. The summed E-state index contributed by atoms with van der Waals surface area (Å²) in [7, 11) is 0. The molecule has 25 heavy (non-hydrogen) atoms. The maximum atomic E-state index is 5.85. The van der Waals surface area contributed by atoms with Crippen LogP contribution in [0.2, 0.25) is 0 Å². The van der Waals surface area contributed by atoms with Crippen molar-refractivity contribution in [2.24, 2.45) is 0 Å². The first-order valence-electron chi connectivity index (χ1n) is 8.60. The van der Waals surface area contributed by atoms with Gasteiger partial charge in [-0.25, -0.2) is 0 Å². The van der Waals surface area contributed by atoms with Gasteiger partial charge < -0.3 is 14.4 Å². The molecule has 1 saturated heterocycles. The number of fused-ring (bicyclic) bond motifs is 2. The maximum Gasteiger partial charge on any atom is 0.200 e. The van der Waals surface area contributed by atoms with Crippen molar-refractivity contribution in [2.75, 3.05) is 24.7 Å². The van der Waals surface area contributed by atoms with Crippen LogP contribution in [0.3, 0.4) is 0 Å². The lowest BCUT2D eigenvalue weighted by atomic mass is 10.0. The number of aromatic nitrogens is 5. The van der Waals surface area contributed by atoms with Crippen LogP contribution in [0.1, 0.15) is 30.9 Å². The van der Waals surface area contributed by atoms with Crippen molar-refractivity contribution in [3.8, 4) is 11.5 Å². The summed E-state index contributed by atoms with van der Waals surface area (Å²) in [5.41, 5.74) is 1.87. The minimum absolute atomic E-state index is 0.263. The fourth-order valence-corrected chi connectivity index (χ4v) is 3.57. The molecule has 1 fully saturated rings. The van der Waals surface area contributed by atoms with Gasteiger partial charge in [0.25, 0.3) is 0 Å². The van der Waals surface area contributed by atoms with Gasteiger partial charge in [-0.2, -0.15) is 0 Å². The van der Waals surface area contributed by atoms with Crippen LogP contribution in [-0.4, -0.2) is 45.0 Å². The van der Waals surface area contributed by atoms with Crippen molar-refractivity contribution >= 4 is 11.5 Å². The fourth-order valence-electron chi connectivity index (χ4n) is 3.57. The molecule has 0 spiro atoms. The normalized spacial score (nSPS) is 20.0. The van der Waals surface area contributed by atoms with E-state index in [0.29, 0.717) is 18.9 Å². The van der Waals surface area contributed by atoms with E-state index in [0.717, 1.165) is 43.1 Å². The van der Waals surface area contributed by atoms with Gasteiger partial charge in [-0.3, -0.25) is 0 Å². The predicted molar refractivity (Wildman–Crippen MR) is 89.9 cm³/mol. The first-order valence-corrected chi connectivity index (χ1v) is 8.60. The fraction of sp³-hybridized carbons (Fsp3) is 0.412. The molecule has 3 aromatic rings. The van der Waals surface area contributed by atoms with E-state index in [1.807, 2.05) is 18.2 Å². The molecule has 2 aromatic heterocycles. The molecule has 2 aliphatic heterocycles. The number of hydrogen-bond acceptors (Lipinski definition) is 7. The molecule has 2 aliphatic rings. The number of hydrogen-bond donors (Lipinski definition) is 0. The molecular weight excluding hydrogens is 320 g/mol. The van der Waals surface area contributed by atoms with Crippen molar-refractivity contribution in [3.05, 3.63) is 35.9 Å². The van der Waals surface area contributed by atoms with Gasteiger partial charge in [0.05, 0.1) is 19.3 Å². The highest BCUT2D eigenvalue weighted by atomic mass is 16.5. The second-order valence-electron chi connectivity index (χ2n) is 6.33. The summed E-state index contributed by atoms with van der Waals surface area (Å²) in [6.45, 7) is 2.36. The SMILES string of the molecule is c1cc2c(cc1[C@@H]1CCCN1c1ccc3nnnn3n1)OCCCO2. The standard InChI is InChI=1S/C17H18N6O2/c1-3-13(12-4-5-14-15(11-12)25-10-2-9-24-14)22(8-1)17-7-6-16-18-20-21-23(16)19-17/h4-7,11,13H,1-3,8-10H2/t13-/m0/s1. The lowest BCUT2D eigenvalue weighted by Crippen LogP contribution is -2.24. The number of rotatable bonds is 2. The van der Waals surface area contributed by atoms with Gasteiger partial charge in [0.15, 0.2) is 23.0 Å². The third-order valence-corrected chi connectivity index (χ3v) is 4.76. The van der Waals surface area contributed by atoms with Crippen molar-refractivity contribution in [3.63, 3.8) is 0 Å². The average molecular weight is 338 g/mol. The van der Waals surface area contributed by atoms with Gasteiger partial charge >= 0.3 is 0 Å². The number of benzene rings is 1. The molecular formula is C17H18N6O2. The van der Waals surface area contributed by atoms with E-state index in [4.69, 9.17) is 9.47 Å². The molecule has 0 aliphatic carbocycles. The van der Waals surface area contributed by atoms with Gasteiger partial charge in [-0.15, -0.1) is 14.8 Å². The van der Waals surface area contributed by atoms with Gasteiger partial charge in [0.1, 0.15) is 0 Å². The average Bonchev–Trinajstić information content (AvgIpc) is 3.25. The van der Waals surface area contributed by atoms with Gasteiger partial charge in [0, 0.05) is 13.0 Å². The Morgan fingerprint density at radius 3 is 2.88 bits per heavy atom.